The third-order valence-corrected chi connectivity index (χ3v) is 6.39. The number of Topliss-reactive ketones (excluding diaryl/α,β-unsaturated/α-hetero) is 1. The van der Waals surface area contributed by atoms with Gasteiger partial charge in [-0.2, -0.15) is 4.99 Å². The van der Waals surface area contributed by atoms with Crippen LogP contribution in [0.1, 0.15) is 31.4 Å². The highest BCUT2D eigenvalue weighted by Gasteiger charge is 2.52. The van der Waals surface area contributed by atoms with E-state index in [1.807, 2.05) is 24.3 Å². The van der Waals surface area contributed by atoms with Crippen LogP contribution in [0.3, 0.4) is 0 Å². The quantitative estimate of drug-likeness (QED) is 0.278. The Labute approximate surface area is 209 Å². The molecule has 6 N–H and O–H groups in total. The molecule has 194 valence electrons. The number of nitrogens with zero attached hydrogens (tertiary/aromatic N) is 4. The predicted molar refractivity (Wildman–Crippen MR) is 133 cm³/mol. The number of carbonyl (C=O) groups is 2. The van der Waals surface area contributed by atoms with Crippen LogP contribution in [0.25, 0.3) is 0 Å². The summed E-state index contributed by atoms with van der Waals surface area (Å²) in [4.78, 5) is 38.2. The van der Waals surface area contributed by atoms with Gasteiger partial charge in [0.2, 0.25) is 5.96 Å². The Hall–Kier alpha value is -3.35. The zero-order chi connectivity index (χ0) is 25.8. The van der Waals surface area contributed by atoms with Gasteiger partial charge in [0.1, 0.15) is 36.0 Å². The number of aryl methyl sites for hydroxylation is 1. The molecule has 0 aliphatic carbocycles. The monoisotopic (exact) mass is 499 g/mol. The first-order valence-electron chi connectivity index (χ1n) is 12.1. The van der Waals surface area contributed by atoms with Gasteiger partial charge in [-0.1, -0.05) is 24.3 Å². The maximum Gasteiger partial charge on any atom is 0.252 e. The van der Waals surface area contributed by atoms with E-state index in [1.54, 1.807) is 18.7 Å². The number of carbonyl (C=O) groups excluding carboxylic acids is 2. The molecule has 1 saturated heterocycles. The van der Waals surface area contributed by atoms with Crippen molar-refractivity contribution < 1.29 is 24.5 Å². The molecule has 36 heavy (non-hydrogen) atoms. The fraction of sp³-hybridized carbons (Fsp3) is 0.542. The van der Waals surface area contributed by atoms with E-state index in [2.05, 4.69) is 25.6 Å². The highest BCUT2D eigenvalue weighted by atomic mass is 16.6. The molecule has 4 rings (SSSR count). The molecule has 3 unspecified atom stereocenters. The highest BCUT2D eigenvalue weighted by Crippen LogP contribution is 2.28. The number of aliphatic hydroxyl groups excluding tert-OH is 2. The molecule has 3 aliphatic rings. The summed E-state index contributed by atoms with van der Waals surface area (Å²) < 4.78 is 5.73. The maximum atomic E-state index is 12.2. The zero-order valence-corrected chi connectivity index (χ0v) is 20.4. The number of benzene rings is 1. The Balaban J connectivity index is 1.38. The van der Waals surface area contributed by atoms with Crippen molar-refractivity contribution in [3.63, 3.8) is 0 Å². The number of amides is 1. The summed E-state index contributed by atoms with van der Waals surface area (Å²) >= 11 is 0. The normalized spacial score (nSPS) is 30.2. The fourth-order valence-corrected chi connectivity index (χ4v) is 4.40. The van der Waals surface area contributed by atoms with E-state index in [-0.39, 0.29) is 11.6 Å². The molecule has 1 fully saturated rings. The second-order valence-electron chi connectivity index (χ2n) is 9.08. The zero-order valence-electron chi connectivity index (χ0n) is 20.4. The molecular weight excluding hydrogens is 466 g/mol. The number of nitrogens with two attached hydrogens (primary N) is 1. The van der Waals surface area contributed by atoms with E-state index < -0.39 is 42.7 Å². The standard InChI is InChI=1S/C24H33N7O5/c1-3-26-22(35)19-17(33)18(34)23(36-19)31-12-28-16-20(25)29-24(30-21(16)31)27-11-10-15-8-6-14(7-9-15)5-4-13(2)32/h6-9,12,16-19,21,23,33-34H,3-5,10-11H2,1-2H3,(H,26,35)(H3,25,27,29,30)/t16?,17-,18+,19-,21?,23?/m0/s1. The lowest BCUT2D eigenvalue weighted by molar-refractivity contribution is -0.139. The van der Waals surface area contributed by atoms with Crippen LogP contribution in [-0.2, 0) is 27.2 Å². The van der Waals surface area contributed by atoms with Gasteiger partial charge in [0.05, 0.1) is 6.34 Å². The number of guanidine groups is 1. The van der Waals surface area contributed by atoms with Gasteiger partial charge in [-0.3, -0.25) is 14.8 Å². The minimum atomic E-state index is -1.38. The molecule has 1 aromatic carbocycles. The van der Waals surface area contributed by atoms with Gasteiger partial charge in [0.15, 0.2) is 12.3 Å². The molecular formula is C24H33N7O5. The number of amidine groups is 1. The van der Waals surface area contributed by atoms with Crippen LogP contribution in [0, 0.1) is 0 Å². The number of likely N-dealkylation sites (N-methyl/N-ethyl adjacent to an activating group) is 1. The number of nitrogens with one attached hydrogen (secondary N) is 2. The van der Waals surface area contributed by atoms with Crippen molar-refractivity contribution in [2.24, 2.45) is 20.7 Å². The van der Waals surface area contributed by atoms with E-state index in [0.717, 1.165) is 17.5 Å². The van der Waals surface area contributed by atoms with E-state index in [4.69, 9.17) is 10.5 Å². The third kappa shape index (κ3) is 5.55. The second kappa shape index (κ2) is 11.1. The molecule has 6 atom stereocenters. The largest absolute Gasteiger partial charge is 0.387 e. The third-order valence-electron chi connectivity index (χ3n) is 6.39. The van der Waals surface area contributed by atoms with Gasteiger partial charge < -0.3 is 41.0 Å². The summed E-state index contributed by atoms with van der Waals surface area (Å²) in [6.45, 7) is 4.19. The van der Waals surface area contributed by atoms with Gasteiger partial charge in [-0.25, -0.2) is 0 Å². The van der Waals surface area contributed by atoms with Gasteiger partial charge in [0, 0.05) is 19.5 Å². The minimum Gasteiger partial charge on any atom is -0.387 e. The smallest absolute Gasteiger partial charge is 0.252 e. The average molecular weight is 500 g/mol. The maximum absolute atomic E-state index is 12.2. The average Bonchev–Trinajstić information content (AvgIpc) is 3.40. The van der Waals surface area contributed by atoms with Gasteiger partial charge >= 0.3 is 0 Å². The van der Waals surface area contributed by atoms with Crippen molar-refractivity contribution in [1.29, 1.82) is 0 Å². The van der Waals surface area contributed by atoms with Crippen LogP contribution in [0.15, 0.2) is 39.2 Å². The highest BCUT2D eigenvalue weighted by molar-refractivity contribution is 6.02. The lowest BCUT2D eigenvalue weighted by atomic mass is 10.0. The van der Waals surface area contributed by atoms with Gasteiger partial charge in [0.25, 0.3) is 5.91 Å². The summed E-state index contributed by atoms with van der Waals surface area (Å²) in [6.07, 6.45) is -2.03. The van der Waals surface area contributed by atoms with E-state index in [9.17, 15) is 19.8 Å². The summed E-state index contributed by atoms with van der Waals surface area (Å²) in [5.41, 5.74) is 8.37. The molecule has 0 bridgehead atoms. The topological polar surface area (TPSA) is 174 Å². The molecule has 3 heterocycles. The summed E-state index contributed by atoms with van der Waals surface area (Å²) in [7, 11) is 0. The summed E-state index contributed by atoms with van der Waals surface area (Å²) in [5.74, 6) is 0.274. The van der Waals surface area contributed by atoms with Crippen molar-refractivity contribution >= 4 is 29.8 Å². The van der Waals surface area contributed by atoms with Crippen molar-refractivity contribution in [3.8, 4) is 0 Å². The second-order valence-corrected chi connectivity index (χ2v) is 9.08. The minimum absolute atomic E-state index is 0.176. The number of hydrogen-bond acceptors (Lipinski definition) is 9. The number of hydrogen-bond donors (Lipinski definition) is 5. The fourth-order valence-electron chi connectivity index (χ4n) is 4.40. The number of aliphatic imine (C=N–C) groups is 3. The molecule has 0 saturated carbocycles. The number of ketones is 1. The van der Waals surface area contributed by atoms with E-state index in [0.29, 0.717) is 31.9 Å². The van der Waals surface area contributed by atoms with Crippen LogP contribution in [0.2, 0.25) is 0 Å². The molecule has 1 aromatic rings. The number of ether oxygens (including phenoxy) is 1. The summed E-state index contributed by atoms with van der Waals surface area (Å²) in [5, 5.41) is 26.7. The van der Waals surface area contributed by atoms with Gasteiger partial charge in [-0.05, 0) is 37.8 Å². The van der Waals surface area contributed by atoms with E-state index >= 15 is 0 Å². The lowest BCUT2D eigenvalue weighted by Gasteiger charge is -2.35. The Morgan fingerprint density at radius 1 is 1.19 bits per heavy atom. The molecule has 0 radical (unpaired) electrons. The SMILES string of the molecule is CCNC(=O)[C@H]1OC(N2C=NC3C(N)=NC(=NCCc4ccc(CCC(C)=O)cc4)NC32)[C@H](O)[C@@H]1O. The van der Waals surface area contributed by atoms with Crippen molar-refractivity contribution in [2.45, 2.75) is 69.9 Å². The van der Waals surface area contributed by atoms with Crippen LogP contribution < -0.4 is 16.4 Å². The Morgan fingerprint density at radius 3 is 2.56 bits per heavy atom. The predicted octanol–water partition coefficient (Wildman–Crippen LogP) is -1.31. The van der Waals surface area contributed by atoms with E-state index in [1.165, 1.54) is 6.34 Å². The number of aliphatic hydroxyl groups is 2. The first kappa shape index (κ1) is 25.7. The molecule has 12 nitrogen and oxygen atoms in total. The van der Waals surface area contributed by atoms with Crippen molar-refractivity contribution in [3.05, 3.63) is 35.4 Å². The lowest BCUT2D eigenvalue weighted by Crippen LogP contribution is -2.61. The van der Waals surface area contributed by atoms with Crippen molar-refractivity contribution in [1.82, 2.24) is 15.5 Å². The first-order chi connectivity index (χ1) is 17.3. The Kier molecular flexibility index (Phi) is 7.97. The summed E-state index contributed by atoms with van der Waals surface area (Å²) in [6, 6.07) is 7.57. The molecule has 0 spiro atoms. The first-order valence-corrected chi connectivity index (χ1v) is 12.1. The van der Waals surface area contributed by atoms with Crippen LogP contribution in [0.4, 0.5) is 0 Å². The Bertz CT molecular complexity index is 1060. The van der Waals surface area contributed by atoms with Crippen LogP contribution in [-0.4, -0.2) is 94.8 Å². The Morgan fingerprint density at radius 2 is 1.89 bits per heavy atom. The van der Waals surface area contributed by atoms with Crippen molar-refractivity contribution in [2.75, 3.05) is 13.1 Å². The van der Waals surface area contributed by atoms with Gasteiger partial charge in [-0.15, -0.1) is 0 Å². The number of rotatable bonds is 9. The molecule has 0 aromatic heterocycles. The van der Waals surface area contributed by atoms with Crippen LogP contribution in [0.5, 0.6) is 0 Å². The molecule has 12 heteroatoms. The molecule has 3 aliphatic heterocycles. The molecule has 1 amide bonds. The number of fused-ring (bicyclic) bond motifs is 1. The van der Waals surface area contributed by atoms with Crippen LogP contribution >= 0.6 is 0 Å².